The van der Waals surface area contributed by atoms with Crippen molar-refractivity contribution >= 4 is 0 Å². The van der Waals surface area contributed by atoms with Crippen molar-refractivity contribution in [1.29, 1.82) is 0 Å². The highest BCUT2D eigenvalue weighted by Gasteiger charge is 2.43. The van der Waals surface area contributed by atoms with Crippen LogP contribution >= 0.6 is 0 Å². The third-order valence-corrected chi connectivity index (χ3v) is 4.87. The third-order valence-electron chi connectivity index (χ3n) is 4.87. The van der Waals surface area contributed by atoms with Gasteiger partial charge in [-0.2, -0.15) is 5.10 Å². The summed E-state index contributed by atoms with van der Waals surface area (Å²) < 4.78 is 2.03. The van der Waals surface area contributed by atoms with Crippen molar-refractivity contribution in [3.05, 3.63) is 18.0 Å². The number of fused-ring (bicyclic) bond motifs is 2. The molecule has 1 heterocycles. The quantitative estimate of drug-likeness (QED) is 0.866. The Morgan fingerprint density at radius 3 is 2.88 bits per heavy atom. The number of aryl methyl sites for hydroxylation is 1. The minimum Gasteiger partial charge on any atom is -0.313 e. The minimum absolute atomic E-state index is 0.519. The first kappa shape index (κ1) is 11.3. The van der Waals surface area contributed by atoms with Gasteiger partial charge in [0.05, 0.1) is 6.20 Å². The lowest BCUT2D eigenvalue weighted by molar-refractivity contribution is 0.259. The fraction of sp³-hybridized carbons (Fsp3) is 0.786. The van der Waals surface area contributed by atoms with Gasteiger partial charge in [-0.1, -0.05) is 6.42 Å². The molecule has 1 aromatic rings. The molecule has 4 atom stereocenters. The van der Waals surface area contributed by atoms with Crippen LogP contribution < -0.4 is 5.32 Å². The number of rotatable bonds is 4. The summed E-state index contributed by atoms with van der Waals surface area (Å²) in [5.41, 5.74) is 1.38. The normalized spacial score (nSPS) is 33.2. The largest absolute Gasteiger partial charge is 0.313 e. The van der Waals surface area contributed by atoms with Crippen molar-refractivity contribution in [3.63, 3.8) is 0 Å². The number of aromatic nitrogens is 2. The van der Waals surface area contributed by atoms with E-state index in [1.54, 1.807) is 0 Å². The molecule has 4 unspecified atom stereocenters. The predicted octanol–water partition coefficient (Wildman–Crippen LogP) is 2.60. The van der Waals surface area contributed by atoms with Gasteiger partial charge in [0.1, 0.15) is 0 Å². The summed E-state index contributed by atoms with van der Waals surface area (Å²) in [5.74, 6) is 2.82. The van der Waals surface area contributed by atoms with Gasteiger partial charge in [0.2, 0.25) is 0 Å². The fourth-order valence-electron chi connectivity index (χ4n) is 4.04. The zero-order valence-corrected chi connectivity index (χ0v) is 10.9. The topological polar surface area (TPSA) is 29.9 Å². The van der Waals surface area contributed by atoms with Crippen LogP contribution in [-0.4, -0.2) is 16.8 Å². The standard InChI is InChI=1S/C14H23N3/c1-3-17-9-12(8-16-17)14(15-2)13-7-10-4-5-11(13)6-10/h8-11,13-15H,3-7H2,1-2H3. The van der Waals surface area contributed by atoms with Gasteiger partial charge in [-0.05, 0) is 51.0 Å². The van der Waals surface area contributed by atoms with Gasteiger partial charge in [-0.25, -0.2) is 0 Å². The van der Waals surface area contributed by atoms with Crippen LogP contribution in [0.5, 0.6) is 0 Å². The molecule has 17 heavy (non-hydrogen) atoms. The molecule has 1 N–H and O–H groups in total. The van der Waals surface area contributed by atoms with Gasteiger partial charge in [-0.15, -0.1) is 0 Å². The molecule has 0 radical (unpaired) electrons. The van der Waals surface area contributed by atoms with E-state index in [9.17, 15) is 0 Å². The Bertz CT molecular complexity index is 385. The van der Waals surface area contributed by atoms with Gasteiger partial charge in [0.15, 0.2) is 0 Å². The van der Waals surface area contributed by atoms with E-state index in [1.165, 1.54) is 31.2 Å². The van der Waals surface area contributed by atoms with Crippen LogP contribution in [0.15, 0.2) is 12.4 Å². The smallest absolute Gasteiger partial charge is 0.0537 e. The van der Waals surface area contributed by atoms with Crippen molar-refractivity contribution in [1.82, 2.24) is 15.1 Å². The molecule has 2 aliphatic rings. The minimum atomic E-state index is 0.519. The van der Waals surface area contributed by atoms with E-state index >= 15 is 0 Å². The number of hydrogen-bond donors (Lipinski definition) is 1. The number of nitrogens with zero attached hydrogens (tertiary/aromatic N) is 2. The lowest BCUT2D eigenvalue weighted by atomic mass is 9.81. The summed E-state index contributed by atoms with van der Waals surface area (Å²) in [6.45, 7) is 3.11. The second-order valence-corrected chi connectivity index (χ2v) is 5.73. The maximum Gasteiger partial charge on any atom is 0.0537 e. The maximum absolute atomic E-state index is 4.41. The number of hydrogen-bond acceptors (Lipinski definition) is 2. The second kappa shape index (κ2) is 4.45. The molecule has 3 heteroatoms. The van der Waals surface area contributed by atoms with E-state index in [-0.39, 0.29) is 0 Å². The van der Waals surface area contributed by atoms with E-state index in [1.807, 2.05) is 4.68 Å². The van der Waals surface area contributed by atoms with Crippen LogP contribution in [0.4, 0.5) is 0 Å². The fourth-order valence-corrected chi connectivity index (χ4v) is 4.04. The Hall–Kier alpha value is -0.830. The van der Waals surface area contributed by atoms with E-state index in [2.05, 4.69) is 36.8 Å². The first-order valence-corrected chi connectivity index (χ1v) is 7.01. The van der Waals surface area contributed by atoms with Crippen molar-refractivity contribution < 1.29 is 0 Å². The summed E-state index contributed by atoms with van der Waals surface area (Å²) in [4.78, 5) is 0. The van der Waals surface area contributed by atoms with E-state index in [0.717, 1.165) is 24.3 Å². The van der Waals surface area contributed by atoms with Gasteiger partial charge < -0.3 is 5.32 Å². The van der Waals surface area contributed by atoms with Gasteiger partial charge in [0, 0.05) is 24.3 Å². The first-order valence-electron chi connectivity index (χ1n) is 7.01. The highest BCUT2D eigenvalue weighted by atomic mass is 15.3. The van der Waals surface area contributed by atoms with Crippen LogP contribution in [0.3, 0.4) is 0 Å². The third kappa shape index (κ3) is 1.90. The summed E-state index contributed by atoms with van der Waals surface area (Å²) in [5, 5.41) is 7.94. The molecule has 0 aromatic carbocycles. The first-order chi connectivity index (χ1) is 8.31. The van der Waals surface area contributed by atoms with Gasteiger partial charge >= 0.3 is 0 Å². The van der Waals surface area contributed by atoms with E-state index in [4.69, 9.17) is 0 Å². The molecule has 0 spiro atoms. The van der Waals surface area contributed by atoms with Crippen molar-refractivity contribution in [3.8, 4) is 0 Å². The molecule has 3 nitrogen and oxygen atoms in total. The van der Waals surface area contributed by atoms with Crippen LogP contribution in [0.1, 0.15) is 44.2 Å². The number of nitrogens with one attached hydrogen (secondary N) is 1. The van der Waals surface area contributed by atoms with E-state index in [0.29, 0.717) is 6.04 Å². The van der Waals surface area contributed by atoms with Gasteiger partial charge in [-0.3, -0.25) is 4.68 Å². The summed E-state index contributed by atoms with van der Waals surface area (Å²) in [6, 6.07) is 0.519. The molecule has 94 valence electrons. The van der Waals surface area contributed by atoms with Crippen LogP contribution in [-0.2, 0) is 6.54 Å². The van der Waals surface area contributed by atoms with Crippen molar-refractivity contribution in [2.75, 3.05) is 7.05 Å². The lowest BCUT2D eigenvalue weighted by Crippen LogP contribution is -2.28. The predicted molar refractivity (Wildman–Crippen MR) is 68.6 cm³/mol. The molecule has 2 bridgehead atoms. The van der Waals surface area contributed by atoms with Crippen LogP contribution in [0.25, 0.3) is 0 Å². The summed E-state index contributed by atoms with van der Waals surface area (Å²) >= 11 is 0. The molecule has 1 aromatic heterocycles. The Morgan fingerprint density at radius 1 is 1.47 bits per heavy atom. The van der Waals surface area contributed by atoms with Gasteiger partial charge in [0.25, 0.3) is 0 Å². The molecule has 2 aliphatic carbocycles. The lowest BCUT2D eigenvalue weighted by Gasteiger charge is -2.29. The maximum atomic E-state index is 4.41. The highest BCUT2D eigenvalue weighted by Crippen LogP contribution is 2.52. The molecule has 2 fully saturated rings. The molecule has 0 amide bonds. The monoisotopic (exact) mass is 233 g/mol. The molecular formula is C14H23N3. The van der Waals surface area contributed by atoms with Crippen molar-refractivity contribution in [2.45, 2.75) is 45.2 Å². The Kier molecular flexibility index (Phi) is 2.95. The van der Waals surface area contributed by atoms with E-state index < -0.39 is 0 Å². The summed E-state index contributed by atoms with van der Waals surface area (Å²) in [6.07, 6.45) is 10.1. The average molecular weight is 233 g/mol. The van der Waals surface area contributed by atoms with Crippen LogP contribution in [0, 0.1) is 17.8 Å². The SMILES string of the molecule is CCn1cc(C(NC)C2CC3CCC2C3)cn1. The molecule has 0 aliphatic heterocycles. The molecule has 0 saturated heterocycles. The van der Waals surface area contributed by atoms with Crippen LogP contribution in [0.2, 0.25) is 0 Å². The Morgan fingerprint density at radius 2 is 2.35 bits per heavy atom. The average Bonchev–Trinajstić information content (AvgIpc) is 3.05. The second-order valence-electron chi connectivity index (χ2n) is 5.73. The zero-order chi connectivity index (χ0) is 11.8. The highest BCUT2D eigenvalue weighted by molar-refractivity contribution is 5.14. The zero-order valence-electron chi connectivity index (χ0n) is 10.9. The molecule has 3 rings (SSSR count). The Balaban J connectivity index is 1.79. The van der Waals surface area contributed by atoms with Crippen molar-refractivity contribution in [2.24, 2.45) is 17.8 Å². The molecular weight excluding hydrogens is 210 g/mol. The molecule has 2 saturated carbocycles. The summed E-state index contributed by atoms with van der Waals surface area (Å²) in [7, 11) is 2.10. The Labute approximate surface area is 104 Å².